The number of aliphatic imine (C=N–C) groups is 1. The summed E-state index contributed by atoms with van der Waals surface area (Å²) in [4.78, 5) is 4.36. The lowest BCUT2D eigenvalue weighted by Gasteiger charge is -2.30. The van der Waals surface area contributed by atoms with E-state index in [1.807, 2.05) is 13.1 Å². The van der Waals surface area contributed by atoms with Crippen LogP contribution in [0, 0.1) is 5.41 Å². The Hall–Kier alpha value is -0.860. The van der Waals surface area contributed by atoms with Crippen molar-refractivity contribution in [3.05, 3.63) is 35.9 Å². The topological polar surface area (TPSA) is 54.9 Å². The zero-order valence-electron chi connectivity index (χ0n) is 17.7. The van der Waals surface area contributed by atoms with Gasteiger partial charge in [-0.05, 0) is 43.6 Å². The van der Waals surface area contributed by atoms with Gasteiger partial charge < -0.3 is 20.1 Å². The molecule has 1 aromatic rings. The highest BCUT2D eigenvalue weighted by Gasteiger charge is 2.33. The van der Waals surface area contributed by atoms with Gasteiger partial charge in [-0.15, -0.1) is 24.0 Å². The highest BCUT2D eigenvalue weighted by Crippen LogP contribution is 2.40. The Bertz CT molecular complexity index is 548. The molecule has 2 N–H and O–H groups in total. The van der Waals surface area contributed by atoms with Gasteiger partial charge in [0.1, 0.15) is 0 Å². The van der Waals surface area contributed by atoms with Crippen LogP contribution in [-0.2, 0) is 9.47 Å². The number of nitrogens with zero attached hydrogens (tertiary/aromatic N) is 1. The SMILES string of the molecule is CN=C(NCCCOC(C)c1ccccc1)NCC1(CCOC)CCCC1.I. The number of rotatable bonds is 11. The summed E-state index contributed by atoms with van der Waals surface area (Å²) < 4.78 is 11.2. The van der Waals surface area contributed by atoms with Gasteiger partial charge in [-0.2, -0.15) is 0 Å². The fourth-order valence-corrected chi connectivity index (χ4v) is 3.81. The van der Waals surface area contributed by atoms with Crippen molar-refractivity contribution < 1.29 is 9.47 Å². The van der Waals surface area contributed by atoms with E-state index in [1.165, 1.54) is 31.2 Å². The minimum atomic E-state index is 0. The molecular formula is C22H38IN3O2. The van der Waals surface area contributed by atoms with E-state index in [-0.39, 0.29) is 30.1 Å². The Morgan fingerprint density at radius 2 is 1.86 bits per heavy atom. The molecule has 6 heteroatoms. The van der Waals surface area contributed by atoms with E-state index in [2.05, 4.69) is 46.8 Å². The molecule has 0 radical (unpaired) electrons. The van der Waals surface area contributed by atoms with E-state index in [4.69, 9.17) is 9.47 Å². The van der Waals surface area contributed by atoms with Crippen LogP contribution in [0.5, 0.6) is 0 Å². The Labute approximate surface area is 188 Å². The molecule has 1 saturated carbocycles. The zero-order chi connectivity index (χ0) is 19.4. The summed E-state index contributed by atoms with van der Waals surface area (Å²) in [6.45, 7) is 5.50. The average Bonchev–Trinajstić information content (AvgIpc) is 3.18. The third-order valence-corrected chi connectivity index (χ3v) is 5.61. The molecule has 0 amide bonds. The maximum atomic E-state index is 5.93. The first-order valence-electron chi connectivity index (χ1n) is 10.3. The molecule has 0 saturated heterocycles. The number of hydrogen-bond donors (Lipinski definition) is 2. The smallest absolute Gasteiger partial charge is 0.190 e. The minimum Gasteiger partial charge on any atom is -0.385 e. The number of methoxy groups -OCH3 is 1. The molecule has 1 fully saturated rings. The number of ether oxygens (including phenoxy) is 2. The van der Waals surface area contributed by atoms with Crippen molar-refractivity contribution in [2.24, 2.45) is 10.4 Å². The lowest BCUT2D eigenvalue weighted by atomic mass is 9.83. The fraction of sp³-hybridized carbons (Fsp3) is 0.682. The van der Waals surface area contributed by atoms with Gasteiger partial charge in [0.05, 0.1) is 6.10 Å². The van der Waals surface area contributed by atoms with Crippen molar-refractivity contribution in [1.29, 1.82) is 0 Å². The average molecular weight is 503 g/mol. The van der Waals surface area contributed by atoms with Gasteiger partial charge in [0.2, 0.25) is 0 Å². The quantitative estimate of drug-likeness (QED) is 0.202. The number of hydrogen-bond acceptors (Lipinski definition) is 3. The summed E-state index contributed by atoms with van der Waals surface area (Å²) in [5.74, 6) is 0.884. The summed E-state index contributed by atoms with van der Waals surface area (Å²) in [6.07, 6.45) is 7.43. The molecule has 0 aromatic heterocycles. The first-order valence-corrected chi connectivity index (χ1v) is 10.3. The maximum absolute atomic E-state index is 5.93. The summed E-state index contributed by atoms with van der Waals surface area (Å²) in [5.41, 5.74) is 1.59. The van der Waals surface area contributed by atoms with Gasteiger partial charge in [0.15, 0.2) is 5.96 Å². The van der Waals surface area contributed by atoms with E-state index < -0.39 is 0 Å². The molecule has 1 aromatic carbocycles. The van der Waals surface area contributed by atoms with Gasteiger partial charge in [-0.25, -0.2) is 0 Å². The van der Waals surface area contributed by atoms with Crippen LogP contribution in [0.25, 0.3) is 0 Å². The predicted molar refractivity (Wildman–Crippen MR) is 128 cm³/mol. The summed E-state index contributed by atoms with van der Waals surface area (Å²) in [7, 11) is 3.62. The standard InChI is InChI=1S/C22H37N3O2.HI/c1-19(20-10-5-4-6-11-20)27-16-9-15-24-21(23-2)25-18-22(14-17-26-3)12-7-8-13-22;/h4-6,10-11,19H,7-9,12-18H2,1-3H3,(H2,23,24,25);1H. The third-order valence-electron chi connectivity index (χ3n) is 5.61. The lowest BCUT2D eigenvalue weighted by molar-refractivity contribution is 0.0646. The second kappa shape index (κ2) is 14.2. The minimum absolute atomic E-state index is 0. The Kier molecular flexibility index (Phi) is 12.7. The van der Waals surface area contributed by atoms with Crippen LogP contribution in [0.1, 0.15) is 57.1 Å². The number of benzene rings is 1. The fourth-order valence-electron chi connectivity index (χ4n) is 3.81. The molecule has 2 rings (SSSR count). The van der Waals surface area contributed by atoms with Gasteiger partial charge in [-0.3, -0.25) is 4.99 Å². The van der Waals surface area contributed by atoms with Crippen molar-refractivity contribution in [2.45, 2.75) is 51.6 Å². The van der Waals surface area contributed by atoms with Crippen LogP contribution in [0.3, 0.4) is 0 Å². The van der Waals surface area contributed by atoms with E-state index in [0.29, 0.717) is 5.41 Å². The number of halogens is 1. The Morgan fingerprint density at radius 3 is 2.50 bits per heavy atom. The predicted octanol–water partition coefficient (Wildman–Crippen LogP) is 4.53. The molecule has 1 atom stereocenters. The molecule has 0 heterocycles. The maximum Gasteiger partial charge on any atom is 0.190 e. The molecule has 1 aliphatic carbocycles. The molecule has 0 bridgehead atoms. The van der Waals surface area contributed by atoms with Gasteiger partial charge in [0, 0.05) is 40.5 Å². The van der Waals surface area contributed by atoms with Crippen molar-refractivity contribution in [3.63, 3.8) is 0 Å². The second-order valence-electron chi connectivity index (χ2n) is 7.58. The van der Waals surface area contributed by atoms with Gasteiger partial charge in [0.25, 0.3) is 0 Å². The van der Waals surface area contributed by atoms with E-state index in [1.54, 1.807) is 7.11 Å². The lowest BCUT2D eigenvalue weighted by Crippen LogP contribution is -2.43. The zero-order valence-corrected chi connectivity index (χ0v) is 20.0. The molecule has 5 nitrogen and oxygen atoms in total. The van der Waals surface area contributed by atoms with Crippen LogP contribution in [-0.4, -0.2) is 46.4 Å². The van der Waals surface area contributed by atoms with Gasteiger partial charge >= 0.3 is 0 Å². The van der Waals surface area contributed by atoms with Crippen LogP contribution in [0.2, 0.25) is 0 Å². The third kappa shape index (κ3) is 8.66. The molecule has 28 heavy (non-hydrogen) atoms. The first kappa shape index (κ1) is 25.2. The number of nitrogens with one attached hydrogen (secondary N) is 2. The van der Waals surface area contributed by atoms with Crippen molar-refractivity contribution in [1.82, 2.24) is 10.6 Å². The molecule has 0 spiro atoms. The van der Waals surface area contributed by atoms with Crippen LogP contribution in [0.4, 0.5) is 0 Å². The second-order valence-corrected chi connectivity index (χ2v) is 7.58. The molecular weight excluding hydrogens is 465 g/mol. The van der Waals surface area contributed by atoms with Crippen molar-refractivity contribution in [2.75, 3.05) is 40.5 Å². The van der Waals surface area contributed by atoms with Crippen molar-refractivity contribution in [3.8, 4) is 0 Å². The first-order chi connectivity index (χ1) is 13.2. The van der Waals surface area contributed by atoms with Crippen molar-refractivity contribution >= 4 is 29.9 Å². The summed E-state index contributed by atoms with van der Waals surface area (Å²) in [6, 6.07) is 10.4. The van der Waals surface area contributed by atoms with Gasteiger partial charge in [-0.1, -0.05) is 43.2 Å². The Balaban J connectivity index is 0.00000392. The molecule has 1 unspecified atom stereocenters. The molecule has 0 aliphatic heterocycles. The van der Waals surface area contributed by atoms with E-state index in [9.17, 15) is 0 Å². The van der Waals surface area contributed by atoms with Crippen LogP contribution in [0.15, 0.2) is 35.3 Å². The highest BCUT2D eigenvalue weighted by atomic mass is 127. The van der Waals surface area contributed by atoms with E-state index in [0.717, 1.165) is 45.1 Å². The monoisotopic (exact) mass is 503 g/mol. The normalized spacial score (nSPS) is 17.0. The van der Waals surface area contributed by atoms with E-state index >= 15 is 0 Å². The molecule has 160 valence electrons. The van der Waals surface area contributed by atoms with Crippen LogP contribution >= 0.6 is 24.0 Å². The summed E-state index contributed by atoms with van der Waals surface area (Å²) >= 11 is 0. The largest absolute Gasteiger partial charge is 0.385 e. The highest BCUT2D eigenvalue weighted by molar-refractivity contribution is 14.0. The molecule has 1 aliphatic rings. The summed E-state index contributed by atoms with van der Waals surface area (Å²) in [5, 5.41) is 6.94. The number of guanidine groups is 1. The van der Waals surface area contributed by atoms with Crippen LogP contribution < -0.4 is 10.6 Å². The Morgan fingerprint density at radius 1 is 1.14 bits per heavy atom.